The van der Waals surface area contributed by atoms with Gasteiger partial charge in [-0.15, -0.1) is 0 Å². The molecule has 0 radical (unpaired) electrons. The second kappa shape index (κ2) is 5.45. The third kappa shape index (κ3) is 2.49. The van der Waals surface area contributed by atoms with Crippen LogP contribution in [0.15, 0.2) is 30.5 Å². The van der Waals surface area contributed by atoms with E-state index in [2.05, 4.69) is 21.7 Å². The molecule has 0 aliphatic carbocycles. The Balaban J connectivity index is 1.97. The van der Waals surface area contributed by atoms with E-state index in [1.165, 1.54) is 0 Å². The van der Waals surface area contributed by atoms with E-state index in [-0.39, 0.29) is 0 Å². The maximum Gasteiger partial charge on any atom is 0.137 e. The Labute approximate surface area is 113 Å². The van der Waals surface area contributed by atoms with Gasteiger partial charge < -0.3 is 15.4 Å². The summed E-state index contributed by atoms with van der Waals surface area (Å²) < 4.78 is 5.46. The number of hydrogen-bond donors (Lipinski definition) is 2. The van der Waals surface area contributed by atoms with Crippen molar-refractivity contribution in [1.82, 2.24) is 10.3 Å². The number of rotatable bonds is 3. The number of ether oxygens (including phenoxy) is 1. The summed E-state index contributed by atoms with van der Waals surface area (Å²) in [6.07, 6.45) is 4.12. The predicted molar refractivity (Wildman–Crippen MR) is 77.8 cm³/mol. The van der Waals surface area contributed by atoms with E-state index in [1.54, 1.807) is 7.11 Å². The first-order chi connectivity index (χ1) is 9.38. The Morgan fingerprint density at radius 1 is 1.26 bits per heavy atom. The van der Waals surface area contributed by atoms with Crippen LogP contribution in [0.25, 0.3) is 10.8 Å². The average Bonchev–Trinajstić information content (AvgIpc) is 2.48. The van der Waals surface area contributed by atoms with Crippen molar-refractivity contribution >= 4 is 16.6 Å². The van der Waals surface area contributed by atoms with Crippen LogP contribution in [0.5, 0.6) is 5.75 Å². The van der Waals surface area contributed by atoms with Crippen LogP contribution in [0.2, 0.25) is 0 Å². The van der Waals surface area contributed by atoms with Crippen LogP contribution >= 0.6 is 0 Å². The van der Waals surface area contributed by atoms with E-state index in [0.29, 0.717) is 6.04 Å². The van der Waals surface area contributed by atoms with Crippen molar-refractivity contribution < 1.29 is 4.74 Å². The van der Waals surface area contributed by atoms with Crippen LogP contribution in [0.1, 0.15) is 12.8 Å². The van der Waals surface area contributed by atoms with Gasteiger partial charge in [0.1, 0.15) is 11.6 Å². The van der Waals surface area contributed by atoms with Crippen LogP contribution in [0.3, 0.4) is 0 Å². The maximum absolute atomic E-state index is 5.46. The summed E-state index contributed by atoms with van der Waals surface area (Å²) in [5.41, 5.74) is 0. The highest BCUT2D eigenvalue weighted by Crippen LogP contribution is 2.31. The third-order valence-electron chi connectivity index (χ3n) is 3.65. The lowest BCUT2D eigenvalue weighted by Crippen LogP contribution is -2.35. The van der Waals surface area contributed by atoms with Gasteiger partial charge in [0.05, 0.1) is 12.5 Å². The summed E-state index contributed by atoms with van der Waals surface area (Å²) >= 11 is 0. The second-order valence-electron chi connectivity index (χ2n) is 4.89. The first kappa shape index (κ1) is 12.2. The van der Waals surface area contributed by atoms with E-state index in [0.717, 1.165) is 48.3 Å². The molecule has 3 rings (SSSR count). The summed E-state index contributed by atoms with van der Waals surface area (Å²) in [6.45, 7) is 2.14. The number of anilines is 1. The first-order valence-electron chi connectivity index (χ1n) is 6.77. The molecule has 1 fully saturated rings. The SMILES string of the molecule is COc1cccc2ccnc(NC3CCNCC3)c12. The third-order valence-corrected chi connectivity index (χ3v) is 3.65. The minimum absolute atomic E-state index is 0.490. The van der Waals surface area contributed by atoms with E-state index in [9.17, 15) is 0 Å². The van der Waals surface area contributed by atoms with Gasteiger partial charge in [-0.05, 0) is 43.5 Å². The lowest BCUT2D eigenvalue weighted by atomic mass is 10.1. The molecular weight excluding hydrogens is 238 g/mol. The fourth-order valence-corrected chi connectivity index (χ4v) is 2.64. The van der Waals surface area contributed by atoms with Gasteiger partial charge in [-0.2, -0.15) is 0 Å². The van der Waals surface area contributed by atoms with Crippen molar-refractivity contribution in [3.63, 3.8) is 0 Å². The molecule has 1 aliphatic heterocycles. The number of pyridine rings is 1. The molecule has 0 unspecified atom stereocenters. The molecule has 100 valence electrons. The van der Waals surface area contributed by atoms with E-state index >= 15 is 0 Å². The number of fused-ring (bicyclic) bond motifs is 1. The first-order valence-corrected chi connectivity index (χ1v) is 6.77. The Hall–Kier alpha value is -1.81. The quantitative estimate of drug-likeness (QED) is 0.886. The highest BCUT2D eigenvalue weighted by molar-refractivity contribution is 5.96. The molecule has 4 heteroatoms. The fourth-order valence-electron chi connectivity index (χ4n) is 2.64. The molecule has 1 aliphatic rings. The molecule has 2 N–H and O–H groups in total. The van der Waals surface area contributed by atoms with Gasteiger partial charge in [-0.1, -0.05) is 12.1 Å². The Morgan fingerprint density at radius 3 is 2.89 bits per heavy atom. The van der Waals surface area contributed by atoms with Crippen LogP contribution in [-0.2, 0) is 0 Å². The lowest BCUT2D eigenvalue weighted by Gasteiger charge is -2.25. The molecule has 1 saturated heterocycles. The molecule has 1 aromatic heterocycles. The van der Waals surface area contributed by atoms with Crippen LogP contribution < -0.4 is 15.4 Å². The van der Waals surface area contributed by atoms with Crippen molar-refractivity contribution in [2.45, 2.75) is 18.9 Å². The Morgan fingerprint density at radius 2 is 2.11 bits per heavy atom. The standard InChI is InChI=1S/C15H19N3O/c1-19-13-4-2-3-11-5-10-17-15(14(11)13)18-12-6-8-16-9-7-12/h2-5,10,12,16H,6-9H2,1H3,(H,17,18). The predicted octanol–water partition coefficient (Wildman–Crippen LogP) is 2.41. The molecule has 0 atom stereocenters. The number of nitrogens with one attached hydrogen (secondary N) is 2. The monoisotopic (exact) mass is 257 g/mol. The van der Waals surface area contributed by atoms with Crippen molar-refractivity contribution in [2.24, 2.45) is 0 Å². The van der Waals surface area contributed by atoms with Crippen LogP contribution in [0.4, 0.5) is 5.82 Å². The molecular formula is C15H19N3O. The zero-order valence-electron chi connectivity index (χ0n) is 11.1. The molecule has 0 amide bonds. The molecule has 0 bridgehead atoms. The van der Waals surface area contributed by atoms with Crippen LogP contribution in [0, 0.1) is 0 Å². The smallest absolute Gasteiger partial charge is 0.137 e. The number of methoxy groups -OCH3 is 1. The van der Waals surface area contributed by atoms with Crippen LogP contribution in [-0.4, -0.2) is 31.2 Å². The lowest BCUT2D eigenvalue weighted by molar-refractivity contribution is 0.419. The summed E-state index contributed by atoms with van der Waals surface area (Å²) in [5, 5.41) is 9.18. The minimum atomic E-state index is 0.490. The van der Waals surface area contributed by atoms with Crippen molar-refractivity contribution in [2.75, 3.05) is 25.5 Å². The minimum Gasteiger partial charge on any atom is -0.496 e. The van der Waals surface area contributed by atoms with Crippen molar-refractivity contribution in [3.8, 4) is 5.75 Å². The molecule has 0 spiro atoms. The molecule has 2 heterocycles. The van der Waals surface area contributed by atoms with Gasteiger partial charge >= 0.3 is 0 Å². The van der Waals surface area contributed by atoms with Crippen molar-refractivity contribution in [3.05, 3.63) is 30.5 Å². The average molecular weight is 257 g/mol. The molecule has 4 nitrogen and oxygen atoms in total. The summed E-state index contributed by atoms with van der Waals surface area (Å²) in [7, 11) is 1.70. The highest BCUT2D eigenvalue weighted by atomic mass is 16.5. The highest BCUT2D eigenvalue weighted by Gasteiger charge is 2.15. The van der Waals surface area contributed by atoms with Crippen molar-refractivity contribution in [1.29, 1.82) is 0 Å². The van der Waals surface area contributed by atoms with Gasteiger partial charge in [0.15, 0.2) is 0 Å². The Bertz CT molecular complexity index is 559. The van der Waals surface area contributed by atoms with Gasteiger partial charge in [0.2, 0.25) is 0 Å². The fraction of sp³-hybridized carbons (Fsp3) is 0.400. The topological polar surface area (TPSA) is 46.2 Å². The van der Waals surface area contributed by atoms with E-state index in [1.807, 2.05) is 24.4 Å². The largest absolute Gasteiger partial charge is 0.496 e. The number of benzene rings is 1. The molecule has 0 saturated carbocycles. The molecule has 2 aromatic rings. The maximum atomic E-state index is 5.46. The second-order valence-corrected chi connectivity index (χ2v) is 4.89. The summed E-state index contributed by atoms with van der Waals surface area (Å²) in [5.74, 6) is 1.81. The zero-order chi connectivity index (χ0) is 13.1. The normalized spacial score (nSPS) is 16.5. The van der Waals surface area contributed by atoms with Gasteiger partial charge in [0.25, 0.3) is 0 Å². The number of aromatic nitrogens is 1. The number of hydrogen-bond acceptors (Lipinski definition) is 4. The summed E-state index contributed by atoms with van der Waals surface area (Å²) in [4.78, 5) is 4.50. The van der Waals surface area contributed by atoms with E-state index in [4.69, 9.17) is 4.74 Å². The number of piperidine rings is 1. The Kier molecular flexibility index (Phi) is 3.51. The molecule has 19 heavy (non-hydrogen) atoms. The zero-order valence-corrected chi connectivity index (χ0v) is 11.1. The van der Waals surface area contributed by atoms with E-state index < -0.39 is 0 Å². The summed E-state index contributed by atoms with van der Waals surface area (Å²) in [6, 6.07) is 8.59. The van der Waals surface area contributed by atoms with Gasteiger partial charge in [-0.3, -0.25) is 0 Å². The van der Waals surface area contributed by atoms with Gasteiger partial charge in [0, 0.05) is 12.2 Å². The van der Waals surface area contributed by atoms with Gasteiger partial charge in [-0.25, -0.2) is 4.98 Å². The molecule has 1 aromatic carbocycles. The number of nitrogens with zero attached hydrogens (tertiary/aromatic N) is 1.